The van der Waals surface area contributed by atoms with Gasteiger partial charge < -0.3 is 14.5 Å². The predicted octanol–water partition coefficient (Wildman–Crippen LogP) is 4.00. The van der Waals surface area contributed by atoms with Crippen LogP contribution in [0.5, 0.6) is 0 Å². The Bertz CT molecular complexity index is 1010. The predicted molar refractivity (Wildman–Crippen MR) is 120 cm³/mol. The first-order chi connectivity index (χ1) is 14.3. The van der Waals surface area contributed by atoms with Crippen LogP contribution in [-0.2, 0) is 16.1 Å². The number of carbonyl (C=O) groups is 2. The third-order valence-electron chi connectivity index (χ3n) is 4.63. The van der Waals surface area contributed by atoms with Gasteiger partial charge in [-0.1, -0.05) is 42.5 Å². The molecule has 1 heterocycles. The second kappa shape index (κ2) is 9.54. The van der Waals surface area contributed by atoms with Crippen LogP contribution in [0.4, 0.5) is 5.69 Å². The highest BCUT2D eigenvalue weighted by molar-refractivity contribution is 7.17. The van der Waals surface area contributed by atoms with E-state index >= 15 is 0 Å². The van der Waals surface area contributed by atoms with Gasteiger partial charge in [-0.25, -0.2) is 9.78 Å². The van der Waals surface area contributed by atoms with Gasteiger partial charge in [0.25, 0.3) is 5.91 Å². The summed E-state index contributed by atoms with van der Waals surface area (Å²) in [5.41, 5.74) is 3.65. The Morgan fingerprint density at radius 1 is 1.00 bits per heavy atom. The molecule has 0 saturated heterocycles. The maximum Gasteiger partial charge on any atom is 0.350 e. The number of amides is 1. The Hall–Kier alpha value is -3.19. The lowest BCUT2D eigenvalue weighted by Gasteiger charge is -2.18. The number of aromatic nitrogens is 1. The van der Waals surface area contributed by atoms with Crippen LogP contribution < -0.4 is 4.90 Å². The van der Waals surface area contributed by atoms with Gasteiger partial charge in [-0.2, -0.15) is 0 Å². The lowest BCUT2D eigenvalue weighted by molar-refractivity contribution is -0.133. The summed E-state index contributed by atoms with van der Waals surface area (Å²) in [5, 5.41) is 0.754. The zero-order valence-electron chi connectivity index (χ0n) is 17.6. The maximum atomic E-state index is 12.5. The van der Waals surface area contributed by atoms with E-state index in [-0.39, 0.29) is 12.5 Å². The molecule has 0 N–H and O–H groups in total. The van der Waals surface area contributed by atoms with Crippen molar-refractivity contribution in [3.63, 3.8) is 0 Å². The van der Waals surface area contributed by atoms with Crippen LogP contribution in [-0.4, -0.2) is 49.5 Å². The highest BCUT2D eigenvalue weighted by atomic mass is 32.1. The van der Waals surface area contributed by atoms with E-state index in [1.54, 1.807) is 18.9 Å². The molecule has 2 aromatic carbocycles. The summed E-state index contributed by atoms with van der Waals surface area (Å²) in [4.78, 5) is 33.3. The van der Waals surface area contributed by atoms with E-state index in [1.165, 1.54) is 11.3 Å². The van der Waals surface area contributed by atoms with Gasteiger partial charge in [0, 0.05) is 38.9 Å². The average molecular weight is 424 g/mol. The number of benzene rings is 2. The Balaban J connectivity index is 1.56. The van der Waals surface area contributed by atoms with E-state index < -0.39 is 5.97 Å². The molecule has 0 aliphatic heterocycles. The summed E-state index contributed by atoms with van der Waals surface area (Å²) in [6.07, 6.45) is 0. The third kappa shape index (κ3) is 5.24. The van der Waals surface area contributed by atoms with E-state index in [9.17, 15) is 9.59 Å². The molecule has 1 aromatic heterocycles. The Kier molecular flexibility index (Phi) is 6.84. The molecule has 0 atom stereocenters. The fourth-order valence-corrected chi connectivity index (χ4v) is 3.82. The van der Waals surface area contributed by atoms with Gasteiger partial charge in [0.05, 0.1) is 5.69 Å². The molecular weight excluding hydrogens is 398 g/mol. The third-order valence-corrected chi connectivity index (χ3v) is 5.81. The molecule has 3 aromatic rings. The largest absolute Gasteiger partial charge is 0.451 e. The van der Waals surface area contributed by atoms with Gasteiger partial charge in [0.2, 0.25) is 0 Å². The molecule has 0 aliphatic rings. The number of esters is 1. The molecule has 0 saturated carbocycles. The summed E-state index contributed by atoms with van der Waals surface area (Å²) in [6.45, 7) is 1.91. The molecule has 3 rings (SSSR count). The van der Waals surface area contributed by atoms with E-state index in [1.807, 2.05) is 73.6 Å². The van der Waals surface area contributed by atoms with Gasteiger partial charge in [-0.15, -0.1) is 11.3 Å². The number of aryl methyl sites for hydroxylation is 1. The van der Waals surface area contributed by atoms with Gasteiger partial charge >= 0.3 is 5.97 Å². The Morgan fingerprint density at radius 2 is 1.67 bits per heavy atom. The van der Waals surface area contributed by atoms with Crippen molar-refractivity contribution >= 4 is 28.9 Å². The topological polar surface area (TPSA) is 62.7 Å². The number of thiazole rings is 1. The number of ether oxygens (including phenoxy) is 1. The first-order valence-corrected chi connectivity index (χ1v) is 10.4. The SMILES string of the molecule is Cc1nc(-c2ccccc2)sc1C(=O)OCC(=O)N(C)Cc1ccc(N(C)C)cc1. The number of anilines is 1. The summed E-state index contributed by atoms with van der Waals surface area (Å²) in [6, 6.07) is 17.6. The van der Waals surface area contributed by atoms with E-state index in [4.69, 9.17) is 4.74 Å². The molecule has 0 radical (unpaired) electrons. The molecule has 7 heteroatoms. The molecule has 0 fully saturated rings. The first kappa shape index (κ1) is 21.5. The van der Waals surface area contributed by atoms with Crippen molar-refractivity contribution in [2.24, 2.45) is 0 Å². The van der Waals surface area contributed by atoms with Gasteiger partial charge in [-0.05, 0) is 24.6 Å². The fraction of sp³-hybridized carbons (Fsp3) is 0.261. The second-order valence-corrected chi connectivity index (χ2v) is 8.19. The van der Waals surface area contributed by atoms with Crippen LogP contribution in [0.15, 0.2) is 54.6 Å². The number of nitrogens with zero attached hydrogens (tertiary/aromatic N) is 3. The zero-order valence-corrected chi connectivity index (χ0v) is 18.4. The summed E-state index contributed by atoms with van der Waals surface area (Å²) >= 11 is 1.27. The van der Waals surface area contributed by atoms with E-state index in [0.29, 0.717) is 17.1 Å². The number of rotatable bonds is 7. The first-order valence-electron chi connectivity index (χ1n) is 9.55. The number of likely N-dealkylation sites (N-methyl/N-ethyl adjacent to an activating group) is 1. The van der Waals surface area contributed by atoms with E-state index in [2.05, 4.69) is 4.98 Å². The normalized spacial score (nSPS) is 10.5. The van der Waals surface area contributed by atoms with Crippen molar-refractivity contribution in [2.45, 2.75) is 13.5 Å². The van der Waals surface area contributed by atoms with Crippen molar-refractivity contribution in [2.75, 3.05) is 32.6 Å². The highest BCUT2D eigenvalue weighted by Crippen LogP contribution is 2.28. The van der Waals surface area contributed by atoms with Crippen molar-refractivity contribution < 1.29 is 14.3 Å². The number of carbonyl (C=O) groups excluding carboxylic acids is 2. The molecule has 0 spiro atoms. The van der Waals surface area contributed by atoms with Crippen molar-refractivity contribution in [1.82, 2.24) is 9.88 Å². The molecule has 0 bridgehead atoms. The van der Waals surface area contributed by atoms with Crippen molar-refractivity contribution in [3.05, 3.63) is 70.7 Å². The minimum atomic E-state index is -0.524. The molecule has 156 valence electrons. The van der Waals surface area contributed by atoms with Gasteiger partial charge in [-0.3, -0.25) is 4.79 Å². The molecule has 1 amide bonds. The molecule has 0 unspecified atom stereocenters. The zero-order chi connectivity index (χ0) is 21.7. The van der Waals surface area contributed by atoms with Gasteiger partial charge in [0.15, 0.2) is 6.61 Å². The number of hydrogen-bond acceptors (Lipinski definition) is 6. The molecular formula is C23H25N3O3S. The minimum absolute atomic E-state index is 0.259. The van der Waals surface area contributed by atoms with Crippen LogP contribution in [0, 0.1) is 6.92 Å². The highest BCUT2D eigenvalue weighted by Gasteiger charge is 2.19. The van der Waals surface area contributed by atoms with Crippen LogP contribution in [0.3, 0.4) is 0 Å². The van der Waals surface area contributed by atoms with Crippen LogP contribution in [0.1, 0.15) is 20.9 Å². The molecule has 6 nitrogen and oxygen atoms in total. The molecule has 0 aliphatic carbocycles. The monoisotopic (exact) mass is 423 g/mol. The van der Waals surface area contributed by atoms with Crippen molar-refractivity contribution in [3.8, 4) is 10.6 Å². The minimum Gasteiger partial charge on any atom is -0.451 e. The average Bonchev–Trinajstić information content (AvgIpc) is 3.14. The summed E-state index contributed by atoms with van der Waals surface area (Å²) < 4.78 is 5.26. The Labute approximate surface area is 180 Å². The lowest BCUT2D eigenvalue weighted by atomic mass is 10.2. The van der Waals surface area contributed by atoms with Crippen LogP contribution in [0.2, 0.25) is 0 Å². The lowest BCUT2D eigenvalue weighted by Crippen LogP contribution is -2.30. The van der Waals surface area contributed by atoms with Gasteiger partial charge in [0.1, 0.15) is 9.88 Å². The Morgan fingerprint density at radius 3 is 2.30 bits per heavy atom. The maximum absolute atomic E-state index is 12.5. The summed E-state index contributed by atoms with van der Waals surface area (Å²) in [5.74, 6) is -0.783. The number of hydrogen-bond donors (Lipinski definition) is 0. The van der Waals surface area contributed by atoms with Crippen molar-refractivity contribution in [1.29, 1.82) is 0 Å². The quantitative estimate of drug-likeness (QED) is 0.538. The molecule has 30 heavy (non-hydrogen) atoms. The van der Waals surface area contributed by atoms with Crippen LogP contribution >= 0.6 is 11.3 Å². The second-order valence-electron chi connectivity index (χ2n) is 7.19. The van der Waals surface area contributed by atoms with Crippen LogP contribution in [0.25, 0.3) is 10.6 Å². The van der Waals surface area contributed by atoms with E-state index in [0.717, 1.165) is 21.8 Å². The summed E-state index contributed by atoms with van der Waals surface area (Å²) in [7, 11) is 5.65. The smallest absolute Gasteiger partial charge is 0.350 e. The standard InChI is InChI=1S/C23H25N3O3S/c1-16-21(30-22(24-16)18-8-6-5-7-9-18)23(28)29-15-20(27)26(4)14-17-10-12-19(13-11-17)25(2)3/h5-13H,14-15H2,1-4H3. The fourth-order valence-electron chi connectivity index (χ4n) is 2.85.